The molecule has 1 aromatic rings. The summed E-state index contributed by atoms with van der Waals surface area (Å²) in [6.07, 6.45) is 0. The maximum atomic E-state index is 11.3. The minimum atomic E-state index is -0.258. The van der Waals surface area contributed by atoms with E-state index in [0.717, 1.165) is 0 Å². The van der Waals surface area contributed by atoms with Crippen LogP contribution in [0, 0.1) is 0 Å². The lowest BCUT2D eigenvalue weighted by Crippen LogP contribution is -2.34. The summed E-state index contributed by atoms with van der Waals surface area (Å²) in [6, 6.07) is 4.78. The van der Waals surface area contributed by atoms with Crippen LogP contribution in [-0.4, -0.2) is 12.1 Å². The van der Waals surface area contributed by atoms with Crippen LogP contribution >= 0.6 is 11.6 Å². The number of rotatable bonds is 2. The molecule has 0 aliphatic heterocycles. The van der Waals surface area contributed by atoms with E-state index in [1.54, 1.807) is 18.2 Å². The fourth-order valence-corrected chi connectivity index (χ4v) is 1.21. The van der Waals surface area contributed by atoms with Crippen LogP contribution < -0.4 is 16.4 Å². The van der Waals surface area contributed by atoms with E-state index in [1.165, 1.54) is 0 Å². The molecule has 0 radical (unpaired) electrons. The quantitative estimate of drug-likeness (QED) is 0.680. The van der Waals surface area contributed by atoms with Gasteiger partial charge in [-0.1, -0.05) is 11.6 Å². The zero-order valence-electron chi connectivity index (χ0n) is 8.67. The molecule has 0 aliphatic carbocycles. The van der Waals surface area contributed by atoms with Gasteiger partial charge in [-0.3, -0.25) is 0 Å². The number of nitrogen functional groups attached to an aromatic ring is 1. The third-order valence-electron chi connectivity index (χ3n) is 1.68. The average molecular weight is 228 g/mol. The first kappa shape index (κ1) is 11.7. The summed E-state index contributed by atoms with van der Waals surface area (Å²) in [6.45, 7) is 3.77. The zero-order valence-corrected chi connectivity index (χ0v) is 9.43. The Kier molecular flexibility index (Phi) is 3.80. The van der Waals surface area contributed by atoms with Gasteiger partial charge in [-0.2, -0.15) is 0 Å². The van der Waals surface area contributed by atoms with Crippen molar-refractivity contribution in [2.45, 2.75) is 19.9 Å². The maximum Gasteiger partial charge on any atom is 0.319 e. The SMILES string of the molecule is CC(C)NC(=O)Nc1ccc(N)c(Cl)c1. The molecule has 0 aliphatic rings. The van der Waals surface area contributed by atoms with Crippen molar-refractivity contribution in [3.63, 3.8) is 0 Å². The van der Waals surface area contributed by atoms with Gasteiger partial charge in [0.2, 0.25) is 0 Å². The van der Waals surface area contributed by atoms with Crippen LogP contribution in [-0.2, 0) is 0 Å². The highest BCUT2D eigenvalue weighted by Crippen LogP contribution is 2.22. The van der Waals surface area contributed by atoms with E-state index < -0.39 is 0 Å². The van der Waals surface area contributed by atoms with Gasteiger partial charge < -0.3 is 16.4 Å². The van der Waals surface area contributed by atoms with Gasteiger partial charge >= 0.3 is 6.03 Å². The van der Waals surface area contributed by atoms with Crippen molar-refractivity contribution in [3.8, 4) is 0 Å². The first-order chi connectivity index (χ1) is 6.99. The number of carbonyl (C=O) groups excluding carboxylic acids is 1. The molecule has 1 rings (SSSR count). The number of hydrogen-bond donors (Lipinski definition) is 3. The van der Waals surface area contributed by atoms with Crippen molar-refractivity contribution >= 4 is 29.0 Å². The Bertz CT molecular complexity index is 366. The average Bonchev–Trinajstić information content (AvgIpc) is 2.10. The molecule has 5 heteroatoms. The number of urea groups is 1. The number of hydrogen-bond acceptors (Lipinski definition) is 2. The van der Waals surface area contributed by atoms with E-state index in [4.69, 9.17) is 17.3 Å². The molecule has 0 fully saturated rings. The first-order valence-corrected chi connectivity index (χ1v) is 4.99. The molecule has 15 heavy (non-hydrogen) atoms. The van der Waals surface area contributed by atoms with E-state index in [2.05, 4.69) is 10.6 Å². The largest absolute Gasteiger partial charge is 0.398 e. The van der Waals surface area contributed by atoms with Crippen LogP contribution in [0.3, 0.4) is 0 Å². The lowest BCUT2D eigenvalue weighted by atomic mass is 10.3. The number of amides is 2. The predicted octanol–water partition coefficient (Wildman–Crippen LogP) is 2.45. The normalized spacial score (nSPS) is 10.1. The van der Waals surface area contributed by atoms with Crippen LogP contribution in [0.2, 0.25) is 5.02 Å². The van der Waals surface area contributed by atoms with Gasteiger partial charge in [-0.25, -0.2) is 4.79 Å². The van der Waals surface area contributed by atoms with Gasteiger partial charge in [-0.05, 0) is 32.0 Å². The van der Waals surface area contributed by atoms with E-state index in [9.17, 15) is 4.79 Å². The van der Waals surface area contributed by atoms with Gasteiger partial charge in [0, 0.05) is 11.7 Å². The molecule has 1 aromatic carbocycles. The van der Waals surface area contributed by atoms with E-state index in [-0.39, 0.29) is 12.1 Å². The maximum absolute atomic E-state index is 11.3. The van der Waals surface area contributed by atoms with Gasteiger partial charge in [0.15, 0.2) is 0 Å². The summed E-state index contributed by atoms with van der Waals surface area (Å²) in [5.41, 5.74) is 6.65. The molecule has 2 amide bonds. The molecule has 0 aromatic heterocycles. The van der Waals surface area contributed by atoms with Crippen LogP contribution in [0.25, 0.3) is 0 Å². The van der Waals surface area contributed by atoms with Crippen molar-refractivity contribution in [3.05, 3.63) is 23.2 Å². The summed E-state index contributed by atoms with van der Waals surface area (Å²) in [4.78, 5) is 11.3. The Morgan fingerprint density at radius 1 is 1.47 bits per heavy atom. The molecule has 0 saturated heterocycles. The Morgan fingerprint density at radius 2 is 2.13 bits per heavy atom. The van der Waals surface area contributed by atoms with E-state index in [0.29, 0.717) is 16.4 Å². The third kappa shape index (κ3) is 3.67. The molecule has 4 nitrogen and oxygen atoms in total. The minimum Gasteiger partial charge on any atom is -0.398 e. The van der Waals surface area contributed by atoms with Gasteiger partial charge in [0.05, 0.1) is 10.7 Å². The topological polar surface area (TPSA) is 67.2 Å². The summed E-state index contributed by atoms with van der Waals surface area (Å²) in [5.74, 6) is 0. The van der Waals surface area contributed by atoms with E-state index in [1.807, 2.05) is 13.8 Å². The second-order valence-electron chi connectivity index (χ2n) is 3.49. The zero-order chi connectivity index (χ0) is 11.4. The first-order valence-electron chi connectivity index (χ1n) is 4.61. The van der Waals surface area contributed by atoms with Gasteiger partial charge in [0.25, 0.3) is 0 Å². The van der Waals surface area contributed by atoms with Crippen molar-refractivity contribution in [2.24, 2.45) is 0 Å². The number of benzene rings is 1. The molecule has 0 saturated carbocycles. The number of anilines is 2. The fraction of sp³-hybridized carbons (Fsp3) is 0.300. The van der Waals surface area contributed by atoms with Crippen molar-refractivity contribution in [1.82, 2.24) is 5.32 Å². The monoisotopic (exact) mass is 227 g/mol. The Morgan fingerprint density at radius 3 is 2.67 bits per heavy atom. The highest BCUT2D eigenvalue weighted by atomic mass is 35.5. The predicted molar refractivity (Wildman–Crippen MR) is 63.2 cm³/mol. The van der Waals surface area contributed by atoms with Crippen LogP contribution in [0.15, 0.2) is 18.2 Å². The number of halogens is 1. The summed E-state index contributed by atoms with van der Waals surface area (Å²) < 4.78 is 0. The third-order valence-corrected chi connectivity index (χ3v) is 2.01. The molecule has 0 heterocycles. The van der Waals surface area contributed by atoms with Crippen LogP contribution in [0.5, 0.6) is 0 Å². The Hall–Kier alpha value is -1.42. The Balaban J connectivity index is 2.65. The fourth-order valence-electron chi connectivity index (χ4n) is 1.03. The van der Waals surface area contributed by atoms with Crippen molar-refractivity contribution in [1.29, 1.82) is 0 Å². The minimum absolute atomic E-state index is 0.0919. The standard InChI is InChI=1S/C10H14ClN3O/c1-6(2)13-10(15)14-7-3-4-9(12)8(11)5-7/h3-6H,12H2,1-2H3,(H2,13,14,15). The molecule has 0 atom stereocenters. The van der Waals surface area contributed by atoms with E-state index >= 15 is 0 Å². The van der Waals surface area contributed by atoms with Crippen molar-refractivity contribution in [2.75, 3.05) is 11.1 Å². The molecule has 0 spiro atoms. The molecule has 82 valence electrons. The molecule has 0 bridgehead atoms. The Labute approximate surface area is 93.8 Å². The van der Waals surface area contributed by atoms with Crippen LogP contribution in [0.4, 0.5) is 16.2 Å². The lowest BCUT2D eigenvalue weighted by Gasteiger charge is -2.10. The smallest absolute Gasteiger partial charge is 0.319 e. The summed E-state index contributed by atoms with van der Waals surface area (Å²) >= 11 is 5.81. The van der Waals surface area contributed by atoms with Gasteiger partial charge in [0.1, 0.15) is 0 Å². The second-order valence-corrected chi connectivity index (χ2v) is 3.90. The number of carbonyl (C=O) groups is 1. The molecule has 0 unspecified atom stereocenters. The molecular formula is C10H14ClN3O. The molecule has 4 N–H and O–H groups in total. The number of nitrogens with two attached hydrogens (primary N) is 1. The highest BCUT2D eigenvalue weighted by molar-refractivity contribution is 6.33. The number of nitrogens with one attached hydrogen (secondary N) is 2. The lowest BCUT2D eigenvalue weighted by molar-refractivity contribution is 0.250. The van der Waals surface area contributed by atoms with Gasteiger partial charge in [-0.15, -0.1) is 0 Å². The summed E-state index contributed by atoms with van der Waals surface area (Å²) in [5, 5.41) is 5.78. The highest BCUT2D eigenvalue weighted by Gasteiger charge is 2.04. The second kappa shape index (κ2) is 4.89. The summed E-state index contributed by atoms with van der Waals surface area (Å²) in [7, 11) is 0. The molecular weight excluding hydrogens is 214 g/mol. The van der Waals surface area contributed by atoms with Crippen molar-refractivity contribution < 1.29 is 4.79 Å². The van der Waals surface area contributed by atoms with Crippen LogP contribution in [0.1, 0.15) is 13.8 Å².